The summed E-state index contributed by atoms with van der Waals surface area (Å²) in [6, 6.07) is 0. The average Bonchev–Trinajstić information content (AvgIpc) is 3.98. The van der Waals surface area contributed by atoms with Crippen molar-refractivity contribution in [1.29, 1.82) is 0 Å². The monoisotopic (exact) mass is 1060 g/mol. The van der Waals surface area contributed by atoms with Crippen LogP contribution in [0.25, 0.3) is 0 Å². The Bertz CT molecular complexity index is 1980. The number of allylic oxidation sites excluding steroid dienone is 1. The summed E-state index contributed by atoms with van der Waals surface area (Å²) >= 11 is 0. The first-order valence-electron chi connectivity index (χ1n) is 26.9. The Hall–Kier alpha value is -1.18. The maximum Gasteiger partial charge on any atom is 0.187 e. The molecule has 0 radical (unpaired) electrons. The van der Waals surface area contributed by atoms with Crippen LogP contribution >= 0.6 is 0 Å². The number of aliphatic hydroxyl groups is 13. The van der Waals surface area contributed by atoms with Crippen molar-refractivity contribution in [3.8, 4) is 0 Å². The molecule has 4 aliphatic carbocycles. The van der Waals surface area contributed by atoms with Gasteiger partial charge in [-0.3, -0.25) is 0 Å². The Morgan fingerprint density at radius 3 is 1.86 bits per heavy atom. The van der Waals surface area contributed by atoms with Gasteiger partial charge in [0.15, 0.2) is 30.9 Å². The Balaban J connectivity index is 0.811. The standard InChI is InChI=1S/C51H82O23/c1-20-31-27(74-51(20)17-48(3,19-66-51)18-65-44-38(61)36(59)33(56)28(14-52)69-44)13-26-24-7-6-22-12-23(8-10-49(22,4)25(24)9-11-50(26,31)5)68-47-43(73-45-39(62)35(58)32(55)21(2)67-45)41(64)42(30(16-54)71-47)72-46-40(63)37(60)34(57)29(15-53)70-46/h6,20-21,23-47,52-64H,7-19H2,1-5H3/t20-,21-,23-,24?,25?,26?,27?,28+,29+,30+,31?,32-,33+,34+,35+,36-,37-,38+,39+,40+,41-,42+,43+,44+,45+,46-,47+,48-,49-,50-,51?/m0/s1. The molecule has 6 aliphatic heterocycles. The molecule has 6 heterocycles. The molecular formula is C51H82O23. The van der Waals surface area contributed by atoms with Gasteiger partial charge in [0.05, 0.1) is 51.3 Å². The lowest BCUT2D eigenvalue weighted by Gasteiger charge is -2.58. The van der Waals surface area contributed by atoms with E-state index in [1.54, 1.807) is 0 Å². The molecule has 1 spiro atoms. The molecule has 23 nitrogen and oxygen atoms in total. The molecule has 0 aromatic carbocycles. The molecule has 0 amide bonds. The van der Waals surface area contributed by atoms with Gasteiger partial charge in [-0.2, -0.15) is 0 Å². The summed E-state index contributed by atoms with van der Waals surface area (Å²) in [5.41, 5.74) is 0.616. The minimum atomic E-state index is -1.85. The summed E-state index contributed by atoms with van der Waals surface area (Å²) in [5, 5.41) is 137. The second kappa shape index (κ2) is 21.0. The van der Waals surface area contributed by atoms with Gasteiger partial charge in [0.2, 0.25) is 0 Å². The molecule has 13 N–H and O–H groups in total. The van der Waals surface area contributed by atoms with Crippen molar-refractivity contribution in [2.75, 3.05) is 33.0 Å². The summed E-state index contributed by atoms with van der Waals surface area (Å²) in [6.07, 6.45) is -22.1. The predicted octanol–water partition coefficient (Wildman–Crippen LogP) is -2.99. The lowest BCUT2D eigenvalue weighted by atomic mass is 9.47. The second-order valence-electron chi connectivity index (χ2n) is 24.4. The van der Waals surface area contributed by atoms with E-state index in [1.165, 1.54) is 12.5 Å². The van der Waals surface area contributed by atoms with Gasteiger partial charge < -0.3 is 114 Å². The van der Waals surface area contributed by atoms with Crippen LogP contribution in [0.2, 0.25) is 0 Å². The first-order chi connectivity index (χ1) is 35.0. The molecule has 10 aliphatic rings. The van der Waals surface area contributed by atoms with Crippen LogP contribution in [-0.2, 0) is 47.4 Å². The van der Waals surface area contributed by atoms with Gasteiger partial charge >= 0.3 is 0 Å². The van der Waals surface area contributed by atoms with Crippen molar-refractivity contribution in [1.82, 2.24) is 0 Å². The second-order valence-corrected chi connectivity index (χ2v) is 24.4. The molecule has 74 heavy (non-hydrogen) atoms. The first-order valence-corrected chi connectivity index (χ1v) is 26.9. The van der Waals surface area contributed by atoms with Crippen LogP contribution in [0.3, 0.4) is 0 Å². The summed E-state index contributed by atoms with van der Waals surface area (Å²) in [4.78, 5) is 0. The Labute approximate surface area is 430 Å². The molecule has 23 heteroatoms. The van der Waals surface area contributed by atoms with Crippen molar-refractivity contribution < 1.29 is 114 Å². The highest BCUT2D eigenvalue weighted by Gasteiger charge is 2.70. The predicted molar refractivity (Wildman–Crippen MR) is 248 cm³/mol. The van der Waals surface area contributed by atoms with E-state index in [0.717, 1.165) is 32.1 Å². The molecule has 0 bridgehead atoms. The number of hydrogen-bond donors (Lipinski definition) is 13. The van der Waals surface area contributed by atoms with E-state index < -0.39 is 160 Å². The topological polar surface area (TPSA) is 355 Å². The van der Waals surface area contributed by atoms with Gasteiger partial charge in [-0.05, 0) is 86.4 Å². The van der Waals surface area contributed by atoms with E-state index in [4.69, 9.17) is 47.4 Å². The zero-order valence-corrected chi connectivity index (χ0v) is 42.8. The van der Waals surface area contributed by atoms with E-state index >= 15 is 0 Å². The SMILES string of the molecule is C[C@@H]1O[C@H](O[C@H]2[C@H](O[C@H]3CC[C@@]4(C)C(=CCC5C6CC7OC8(C[C@@](C)(CO[C@@H]9O[C@H](CO)[C@@H](O)[C@H](O)[C@H]9O)CO8)[C@@H](C)C7[C@@]6(C)CCC54)C3)O[C@H](CO)[C@@H](O[C@@H]3O[C@H](CO)[C@@H](O)[C@H](O)[C@H]3O)[C@@H]2O)[C@H](O)[C@H](O)[C@H]1O. The molecule has 31 atom stereocenters. The fraction of sp³-hybridized carbons (Fsp3) is 0.961. The number of fused-ring (bicyclic) bond motifs is 7. The minimum Gasteiger partial charge on any atom is -0.394 e. The lowest BCUT2D eigenvalue weighted by molar-refractivity contribution is -0.389. The number of rotatable bonds is 12. The summed E-state index contributed by atoms with van der Waals surface area (Å²) in [5.74, 6) is 0.731. The van der Waals surface area contributed by atoms with Crippen LogP contribution in [0, 0.1) is 45.8 Å². The third-order valence-corrected chi connectivity index (χ3v) is 19.9. The van der Waals surface area contributed by atoms with Crippen LogP contribution in [0.15, 0.2) is 11.6 Å². The van der Waals surface area contributed by atoms with Crippen LogP contribution in [0.1, 0.15) is 86.0 Å². The van der Waals surface area contributed by atoms with Gasteiger partial charge in [-0.1, -0.05) is 39.3 Å². The third-order valence-electron chi connectivity index (χ3n) is 19.9. The maximum absolute atomic E-state index is 12.1. The summed E-state index contributed by atoms with van der Waals surface area (Å²) in [6.45, 7) is 9.04. The van der Waals surface area contributed by atoms with E-state index in [9.17, 15) is 66.4 Å². The van der Waals surface area contributed by atoms with Gasteiger partial charge in [-0.15, -0.1) is 0 Å². The number of aliphatic hydroxyl groups excluding tert-OH is 13. The van der Waals surface area contributed by atoms with Gasteiger partial charge in [0, 0.05) is 17.8 Å². The van der Waals surface area contributed by atoms with Gasteiger partial charge in [-0.25, -0.2) is 0 Å². The van der Waals surface area contributed by atoms with Crippen LogP contribution < -0.4 is 0 Å². The van der Waals surface area contributed by atoms with Crippen molar-refractivity contribution >= 4 is 0 Å². The Morgan fingerprint density at radius 2 is 1.20 bits per heavy atom. The zero-order valence-electron chi connectivity index (χ0n) is 42.8. The van der Waals surface area contributed by atoms with Crippen LogP contribution in [-0.4, -0.2) is 240 Å². The molecular weight excluding hydrogens is 981 g/mol. The molecule has 424 valence electrons. The lowest BCUT2D eigenvalue weighted by Crippen LogP contribution is -2.67. The highest BCUT2D eigenvalue weighted by molar-refractivity contribution is 5.27. The molecule has 3 saturated carbocycles. The van der Waals surface area contributed by atoms with Crippen molar-refractivity contribution in [2.24, 2.45) is 45.8 Å². The summed E-state index contributed by atoms with van der Waals surface area (Å²) in [7, 11) is 0. The van der Waals surface area contributed by atoms with E-state index in [2.05, 4.69) is 26.8 Å². The number of ether oxygens (including phenoxy) is 10. The van der Waals surface area contributed by atoms with E-state index in [1.807, 2.05) is 6.92 Å². The fourth-order valence-electron chi connectivity index (χ4n) is 15.6. The quantitative estimate of drug-likeness (QED) is 0.0867. The Morgan fingerprint density at radius 1 is 0.608 bits per heavy atom. The fourth-order valence-corrected chi connectivity index (χ4v) is 15.6. The molecule has 9 fully saturated rings. The van der Waals surface area contributed by atoms with Crippen molar-refractivity contribution in [3.05, 3.63) is 11.6 Å². The zero-order chi connectivity index (χ0) is 53.1. The normalized spacial score (nSPS) is 57.4. The third kappa shape index (κ3) is 9.38. The van der Waals surface area contributed by atoms with Crippen molar-refractivity contribution in [3.63, 3.8) is 0 Å². The number of hydrogen-bond acceptors (Lipinski definition) is 23. The van der Waals surface area contributed by atoms with Crippen LogP contribution in [0.5, 0.6) is 0 Å². The molecule has 0 aromatic rings. The van der Waals surface area contributed by atoms with E-state index in [-0.39, 0.29) is 35.4 Å². The highest BCUT2D eigenvalue weighted by atomic mass is 16.8. The molecule has 0 aromatic heterocycles. The average molecular weight is 1060 g/mol. The molecule has 10 rings (SSSR count). The Kier molecular flexibility index (Phi) is 16.0. The molecule has 6 unspecified atom stereocenters. The largest absolute Gasteiger partial charge is 0.394 e. The minimum absolute atomic E-state index is 0.00240. The molecule has 6 saturated heterocycles. The highest BCUT2D eigenvalue weighted by Crippen LogP contribution is 2.71. The van der Waals surface area contributed by atoms with Gasteiger partial charge in [0.25, 0.3) is 0 Å². The van der Waals surface area contributed by atoms with Crippen LogP contribution in [0.4, 0.5) is 0 Å². The van der Waals surface area contributed by atoms with Crippen molar-refractivity contribution in [2.45, 2.75) is 227 Å². The first kappa shape index (κ1) is 56.1. The smallest absolute Gasteiger partial charge is 0.187 e. The summed E-state index contributed by atoms with van der Waals surface area (Å²) < 4.78 is 61.8. The van der Waals surface area contributed by atoms with E-state index in [0.29, 0.717) is 43.6 Å². The van der Waals surface area contributed by atoms with Gasteiger partial charge in [0.1, 0.15) is 91.6 Å². The maximum atomic E-state index is 12.1.